The summed E-state index contributed by atoms with van der Waals surface area (Å²) in [7, 11) is 0. The standard InChI is InChI=1S/C15H18F3NO2/c1-13(2,3)21-12(20)19-11-6-4-10(5-7-11)14(8-9-14)15(16,17)18/h4-7H,8-9H2,1-3H3,(H,19,20). The van der Waals surface area contributed by atoms with Crippen molar-refractivity contribution in [3.05, 3.63) is 29.8 Å². The van der Waals surface area contributed by atoms with Crippen molar-refractivity contribution in [2.45, 2.75) is 50.8 Å². The van der Waals surface area contributed by atoms with E-state index in [2.05, 4.69) is 5.32 Å². The zero-order valence-corrected chi connectivity index (χ0v) is 12.2. The van der Waals surface area contributed by atoms with Crippen LogP contribution in [-0.4, -0.2) is 17.9 Å². The summed E-state index contributed by atoms with van der Waals surface area (Å²) < 4.78 is 44.0. The fourth-order valence-electron chi connectivity index (χ4n) is 2.15. The van der Waals surface area contributed by atoms with Gasteiger partial charge in [0.25, 0.3) is 0 Å². The molecular weight excluding hydrogens is 283 g/mol. The van der Waals surface area contributed by atoms with Crippen LogP contribution in [0.25, 0.3) is 0 Å². The Kier molecular flexibility index (Phi) is 3.68. The van der Waals surface area contributed by atoms with E-state index >= 15 is 0 Å². The van der Waals surface area contributed by atoms with Crippen molar-refractivity contribution in [1.82, 2.24) is 0 Å². The summed E-state index contributed by atoms with van der Waals surface area (Å²) in [5.41, 5.74) is -1.67. The van der Waals surface area contributed by atoms with E-state index in [9.17, 15) is 18.0 Å². The van der Waals surface area contributed by atoms with Crippen LogP contribution in [0.1, 0.15) is 39.2 Å². The highest BCUT2D eigenvalue weighted by atomic mass is 19.4. The molecule has 2 rings (SSSR count). The number of ether oxygens (including phenoxy) is 1. The van der Waals surface area contributed by atoms with Crippen molar-refractivity contribution in [2.75, 3.05) is 5.32 Å². The van der Waals surface area contributed by atoms with E-state index in [4.69, 9.17) is 4.74 Å². The van der Waals surface area contributed by atoms with Crippen molar-refractivity contribution in [3.63, 3.8) is 0 Å². The summed E-state index contributed by atoms with van der Waals surface area (Å²) in [5.74, 6) is 0. The number of benzene rings is 1. The normalized spacial score (nSPS) is 17.2. The molecule has 0 bridgehead atoms. The van der Waals surface area contributed by atoms with Crippen molar-refractivity contribution in [2.24, 2.45) is 0 Å². The van der Waals surface area contributed by atoms with Crippen LogP contribution in [0.15, 0.2) is 24.3 Å². The molecule has 1 fully saturated rings. The fraction of sp³-hybridized carbons (Fsp3) is 0.533. The molecule has 3 nitrogen and oxygen atoms in total. The van der Waals surface area contributed by atoms with E-state index in [1.165, 1.54) is 24.3 Å². The lowest BCUT2D eigenvalue weighted by Gasteiger charge is -2.21. The molecule has 1 N–H and O–H groups in total. The van der Waals surface area contributed by atoms with Gasteiger partial charge in [0.15, 0.2) is 0 Å². The molecule has 6 heteroatoms. The number of hydrogen-bond donors (Lipinski definition) is 1. The maximum absolute atomic E-state index is 13.0. The monoisotopic (exact) mass is 301 g/mol. The lowest BCUT2D eigenvalue weighted by molar-refractivity contribution is -0.160. The lowest BCUT2D eigenvalue weighted by atomic mass is 9.95. The van der Waals surface area contributed by atoms with Gasteiger partial charge in [0.1, 0.15) is 5.60 Å². The Morgan fingerprint density at radius 3 is 2.05 bits per heavy atom. The van der Waals surface area contributed by atoms with Crippen LogP contribution in [0.5, 0.6) is 0 Å². The third kappa shape index (κ3) is 3.49. The Labute approximate surface area is 121 Å². The first kappa shape index (κ1) is 15.7. The molecule has 1 aromatic carbocycles. The number of alkyl halides is 3. The maximum atomic E-state index is 13.0. The smallest absolute Gasteiger partial charge is 0.412 e. The van der Waals surface area contributed by atoms with E-state index in [1.54, 1.807) is 20.8 Å². The molecule has 1 amide bonds. The molecule has 0 unspecified atom stereocenters. The summed E-state index contributed by atoms with van der Waals surface area (Å²) in [6.07, 6.45) is -4.62. The number of carbonyl (C=O) groups excluding carboxylic acids is 1. The van der Waals surface area contributed by atoms with Crippen LogP contribution in [0, 0.1) is 0 Å². The van der Waals surface area contributed by atoms with Crippen LogP contribution in [0.4, 0.5) is 23.7 Å². The first-order chi connectivity index (χ1) is 9.53. The molecule has 0 radical (unpaired) electrons. The minimum absolute atomic E-state index is 0.120. The lowest BCUT2D eigenvalue weighted by Crippen LogP contribution is -2.29. The number of hydrogen-bond acceptors (Lipinski definition) is 2. The Balaban J connectivity index is 2.05. The highest BCUT2D eigenvalue weighted by Gasteiger charge is 2.64. The third-order valence-corrected chi connectivity index (χ3v) is 3.38. The topological polar surface area (TPSA) is 38.3 Å². The number of nitrogens with one attached hydrogen (secondary N) is 1. The SMILES string of the molecule is CC(C)(C)OC(=O)Nc1ccc(C2(C(F)(F)F)CC2)cc1. The molecule has 0 heterocycles. The summed E-state index contributed by atoms with van der Waals surface area (Å²) >= 11 is 0. The van der Waals surface area contributed by atoms with Crippen LogP contribution >= 0.6 is 0 Å². The zero-order valence-electron chi connectivity index (χ0n) is 12.2. The van der Waals surface area contributed by atoms with Gasteiger partial charge in [-0.15, -0.1) is 0 Å². The number of carbonyl (C=O) groups is 1. The van der Waals surface area contributed by atoms with Gasteiger partial charge in [-0.3, -0.25) is 5.32 Å². The predicted octanol–water partition coefficient (Wildman–Crippen LogP) is 4.63. The fourth-order valence-corrected chi connectivity index (χ4v) is 2.15. The van der Waals surface area contributed by atoms with Gasteiger partial charge >= 0.3 is 12.3 Å². The second-order valence-electron chi connectivity index (χ2n) is 6.28. The zero-order chi connectivity index (χ0) is 15.9. The van der Waals surface area contributed by atoms with Crippen molar-refractivity contribution >= 4 is 11.8 Å². The molecule has 1 saturated carbocycles. The van der Waals surface area contributed by atoms with Gasteiger partial charge in [0.2, 0.25) is 0 Å². The molecule has 0 atom stereocenters. The second kappa shape index (κ2) is 4.93. The third-order valence-electron chi connectivity index (χ3n) is 3.38. The molecular formula is C15H18F3NO2. The summed E-state index contributed by atoms with van der Waals surface area (Å²) in [4.78, 5) is 11.6. The summed E-state index contributed by atoms with van der Waals surface area (Å²) in [5, 5.41) is 2.49. The first-order valence-electron chi connectivity index (χ1n) is 6.71. The molecule has 0 aliphatic heterocycles. The van der Waals surface area contributed by atoms with E-state index in [1.807, 2.05) is 0 Å². The van der Waals surface area contributed by atoms with E-state index in [-0.39, 0.29) is 18.4 Å². The van der Waals surface area contributed by atoms with E-state index in [0.29, 0.717) is 5.69 Å². The van der Waals surface area contributed by atoms with Crippen LogP contribution in [0.2, 0.25) is 0 Å². The Morgan fingerprint density at radius 1 is 1.14 bits per heavy atom. The Bertz CT molecular complexity index is 525. The number of amides is 1. The molecule has 116 valence electrons. The van der Waals surface area contributed by atoms with Gasteiger partial charge in [-0.25, -0.2) is 4.79 Å². The molecule has 0 spiro atoms. The predicted molar refractivity (Wildman–Crippen MR) is 73.3 cm³/mol. The van der Waals surface area contributed by atoms with Crippen LogP contribution in [-0.2, 0) is 10.2 Å². The molecule has 1 aliphatic carbocycles. The summed E-state index contributed by atoms with van der Waals surface area (Å²) in [6, 6.07) is 5.75. The van der Waals surface area contributed by atoms with Crippen molar-refractivity contribution in [1.29, 1.82) is 0 Å². The van der Waals surface area contributed by atoms with Gasteiger partial charge in [-0.1, -0.05) is 12.1 Å². The Hall–Kier alpha value is -1.72. The van der Waals surface area contributed by atoms with E-state index in [0.717, 1.165) is 0 Å². The minimum atomic E-state index is -4.23. The average Bonchev–Trinajstić information content (AvgIpc) is 3.07. The Morgan fingerprint density at radius 2 is 1.67 bits per heavy atom. The highest BCUT2D eigenvalue weighted by molar-refractivity contribution is 5.84. The van der Waals surface area contributed by atoms with Gasteiger partial charge in [0.05, 0.1) is 5.41 Å². The van der Waals surface area contributed by atoms with E-state index < -0.39 is 23.3 Å². The minimum Gasteiger partial charge on any atom is -0.444 e. The van der Waals surface area contributed by atoms with Crippen LogP contribution < -0.4 is 5.32 Å². The molecule has 1 aliphatic rings. The number of rotatable bonds is 2. The van der Waals surface area contributed by atoms with Gasteiger partial charge in [-0.05, 0) is 51.3 Å². The van der Waals surface area contributed by atoms with Gasteiger partial charge < -0.3 is 4.74 Å². The van der Waals surface area contributed by atoms with Crippen molar-refractivity contribution in [3.8, 4) is 0 Å². The molecule has 21 heavy (non-hydrogen) atoms. The number of anilines is 1. The number of halogens is 3. The summed E-state index contributed by atoms with van der Waals surface area (Å²) in [6.45, 7) is 5.20. The van der Waals surface area contributed by atoms with Crippen LogP contribution in [0.3, 0.4) is 0 Å². The van der Waals surface area contributed by atoms with Gasteiger partial charge in [0, 0.05) is 5.69 Å². The van der Waals surface area contributed by atoms with Crippen molar-refractivity contribution < 1.29 is 22.7 Å². The molecule has 1 aromatic rings. The second-order valence-corrected chi connectivity index (χ2v) is 6.28. The first-order valence-corrected chi connectivity index (χ1v) is 6.71. The quantitative estimate of drug-likeness (QED) is 0.865. The highest BCUT2D eigenvalue weighted by Crippen LogP contribution is 2.58. The maximum Gasteiger partial charge on any atom is 0.412 e. The largest absolute Gasteiger partial charge is 0.444 e. The van der Waals surface area contributed by atoms with Gasteiger partial charge in [-0.2, -0.15) is 13.2 Å². The molecule has 0 aromatic heterocycles. The molecule has 0 saturated heterocycles. The average molecular weight is 301 g/mol.